The summed E-state index contributed by atoms with van der Waals surface area (Å²) in [6.07, 6.45) is 3.00. The van der Waals surface area contributed by atoms with Crippen LogP contribution in [0.25, 0.3) is 5.69 Å². The zero-order valence-corrected chi connectivity index (χ0v) is 16.5. The Bertz CT molecular complexity index is 1150. The van der Waals surface area contributed by atoms with Gasteiger partial charge in [0.05, 0.1) is 5.69 Å². The first-order valence-electron chi connectivity index (χ1n) is 9.63. The number of piperidine rings is 1. The highest BCUT2D eigenvalue weighted by molar-refractivity contribution is 5.93. The maximum atomic E-state index is 12.8. The molecule has 0 aliphatic carbocycles. The summed E-state index contributed by atoms with van der Waals surface area (Å²) in [5.41, 5.74) is 0.499. The molecule has 3 heterocycles. The Balaban J connectivity index is 1.56. The monoisotopic (exact) mass is 393 g/mol. The molecule has 1 aromatic carbocycles. The van der Waals surface area contributed by atoms with Gasteiger partial charge in [-0.05, 0) is 37.1 Å². The maximum Gasteiger partial charge on any atom is 0.350 e. The first-order valence-corrected chi connectivity index (χ1v) is 9.63. The predicted molar refractivity (Wildman–Crippen MR) is 108 cm³/mol. The van der Waals surface area contributed by atoms with Crippen LogP contribution in [0.5, 0.6) is 0 Å². The first kappa shape index (κ1) is 18.9. The minimum atomic E-state index is -0.290. The van der Waals surface area contributed by atoms with Crippen molar-refractivity contribution in [3.8, 4) is 5.69 Å². The Morgan fingerprint density at radius 1 is 1.00 bits per heavy atom. The van der Waals surface area contributed by atoms with Gasteiger partial charge in [0, 0.05) is 39.3 Å². The zero-order chi connectivity index (χ0) is 20.5. The molecule has 1 aliphatic rings. The lowest BCUT2D eigenvalue weighted by Gasteiger charge is -2.31. The lowest BCUT2D eigenvalue weighted by molar-refractivity contribution is 0.0708. The average Bonchev–Trinajstić information content (AvgIpc) is 3.05. The molecule has 1 aliphatic heterocycles. The van der Waals surface area contributed by atoms with Crippen molar-refractivity contribution in [1.82, 2.24) is 23.8 Å². The van der Waals surface area contributed by atoms with Gasteiger partial charge in [-0.25, -0.2) is 14.0 Å². The van der Waals surface area contributed by atoms with Crippen molar-refractivity contribution in [2.24, 2.45) is 14.1 Å². The third-order valence-electron chi connectivity index (χ3n) is 5.47. The lowest BCUT2D eigenvalue weighted by Crippen LogP contribution is -2.41. The second-order valence-corrected chi connectivity index (χ2v) is 7.34. The van der Waals surface area contributed by atoms with E-state index in [1.807, 2.05) is 30.3 Å². The van der Waals surface area contributed by atoms with Crippen molar-refractivity contribution in [2.75, 3.05) is 13.1 Å². The van der Waals surface area contributed by atoms with Crippen molar-refractivity contribution in [3.63, 3.8) is 0 Å². The number of likely N-dealkylation sites (tertiary alicyclic amines) is 1. The molecular formula is C21H23N5O3. The minimum absolute atomic E-state index is 0.0618. The van der Waals surface area contributed by atoms with Gasteiger partial charge in [0.25, 0.3) is 11.5 Å². The molecule has 0 atom stereocenters. The van der Waals surface area contributed by atoms with Crippen molar-refractivity contribution >= 4 is 5.91 Å². The minimum Gasteiger partial charge on any atom is -0.338 e. The van der Waals surface area contributed by atoms with E-state index in [0.717, 1.165) is 5.69 Å². The average molecular weight is 393 g/mol. The number of aromatic nitrogens is 4. The van der Waals surface area contributed by atoms with Crippen LogP contribution in [0.4, 0.5) is 0 Å². The van der Waals surface area contributed by atoms with Crippen molar-refractivity contribution < 1.29 is 4.79 Å². The van der Waals surface area contributed by atoms with E-state index in [0.29, 0.717) is 31.8 Å². The van der Waals surface area contributed by atoms with Gasteiger partial charge in [0.2, 0.25) is 0 Å². The lowest BCUT2D eigenvalue weighted by atomic mass is 9.95. The van der Waals surface area contributed by atoms with Crippen molar-refractivity contribution in [1.29, 1.82) is 0 Å². The van der Waals surface area contributed by atoms with Crippen LogP contribution >= 0.6 is 0 Å². The summed E-state index contributed by atoms with van der Waals surface area (Å²) in [5, 5.41) is 4.47. The van der Waals surface area contributed by atoms with E-state index in [1.54, 1.807) is 41.9 Å². The van der Waals surface area contributed by atoms with E-state index >= 15 is 0 Å². The molecule has 2 aromatic heterocycles. The Hall–Kier alpha value is -3.42. The normalized spacial score (nSPS) is 14.9. The number of rotatable bonds is 3. The number of para-hydroxylation sites is 1. The van der Waals surface area contributed by atoms with Crippen LogP contribution in [0, 0.1) is 0 Å². The summed E-state index contributed by atoms with van der Waals surface area (Å²) in [6, 6.07) is 12.7. The fourth-order valence-electron chi connectivity index (χ4n) is 3.84. The Labute approximate surface area is 167 Å². The van der Waals surface area contributed by atoms with Gasteiger partial charge < -0.3 is 9.47 Å². The summed E-state index contributed by atoms with van der Waals surface area (Å²) in [5.74, 6) is 0.532. The second kappa shape index (κ2) is 7.54. The topological polar surface area (TPSA) is 82.1 Å². The largest absolute Gasteiger partial charge is 0.350 e. The molecule has 8 heteroatoms. The summed E-state index contributed by atoms with van der Waals surface area (Å²) < 4.78 is 4.41. The molecule has 8 nitrogen and oxygen atoms in total. The molecule has 29 heavy (non-hydrogen) atoms. The van der Waals surface area contributed by atoms with Crippen LogP contribution in [0.15, 0.2) is 58.3 Å². The maximum absolute atomic E-state index is 12.8. The number of amides is 1. The van der Waals surface area contributed by atoms with E-state index in [-0.39, 0.29) is 28.6 Å². The second-order valence-electron chi connectivity index (χ2n) is 7.34. The van der Waals surface area contributed by atoms with Gasteiger partial charge >= 0.3 is 5.69 Å². The highest BCUT2D eigenvalue weighted by Gasteiger charge is 2.29. The van der Waals surface area contributed by atoms with E-state index in [4.69, 9.17) is 0 Å². The van der Waals surface area contributed by atoms with Crippen LogP contribution < -0.4 is 11.2 Å². The highest BCUT2D eigenvalue weighted by Crippen LogP contribution is 2.28. The Morgan fingerprint density at radius 3 is 2.38 bits per heavy atom. The number of benzene rings is 1. The van der Waals surface area contributed by atoms with Crippen LogP contribution in [0.3, 0.4) is 0 Å². The van der Waals surface area contributed by atoms with Crippen LogP contribution in [-0.4, -0.2) is 42.8 Å². The van der Waals surface area contributed by atoms with Crippen molar-refractivity contribution in [3.05, 3.63) is 80.9 Å². The molecule has 4 rings (SSSR count). The number of hydrogen-bond acceptors (Lipinski definition) is 4. The van der Waals surface area contributed by atoms with Gasteiger partial charge in [-0.1, -0.05) is 18.2 Å². The van der Waals surface area contributed by atoms with Gasteiger partial charge in [-0.3, -0.25) is 9.59 Å². The fraction of sp³-hybridized carbons (Fsp3) is 0.333. The molecule has 1 saturated heterocycles. The zero-order valence-electron chi connectivity index (χ0n) is 16.5. The van der Waals surface area contributed by atoms with Gasteiger partial charge in [-0.2, -0.15) is 5.10 Å². The Morgan fingerprint density at radius 2 is 1.69 bits per heavy atom. The molecular weight excluding hydrogens is 370 g/mol. The summed E-state index contributed by atoms with van der Waals surface area (Å²) in [7, 11) is 3.28. The SMILES string of the molecule is Cn1cccc(C(=O)N2CCC(c3nn(C)c(=O)n3-c3ccccc3)CC2)c1=O. The molecule has 0 radical (unpaired) electrons. The third kappa shape index (κ3) is 3.41. The molecule has 1 fully saturated rings. The number of carbonyl (C=O) groups is 1. The molecule has 150 valence electrons. The summed E-state index contributed by atoms with van der Waals surface area (Å²) >= 11 is 0. The number of carbonyl (C=O) groups excluding carboxylic acids is 1. The first-order chi connectivity index (χ1) is 14.0. The van der Waals surface area contributed by atoms with E-state index in [2.05, 4.69) is 5.10 Å². The van der Waals surface area contributed by atoms with Crippen LogP contribution in [-0.2, 0) is 14.1 Å². The van der Waals surface area contributed by atoms with E-state index in [9.17, 15) is 14.4 Å². The Kier molecular flexibility index (Phi) is 4.92. The van der Waals surface area contributed by atoms with Crippen LogP contribution in [0.1, 0.15) is 34.9 Å². The van der Waals surface area contributed by atoms with E-state index in [1.165, 1.54) is 9.25 Å². The standard InChI is InChI=1S/C21H23N5O3/c1-23-12-6-9-17(19(23)27)20(28)25-13-10-15(11-14-25)18-22-24(2)21(29)26(18)16-7-4-3-5-8-16/h3-9,12,15H,10-11,13-14H2,1-2H3. The highest BCUT2D eigenvalue weighted by atomic mass is 16.2. The molecule has 1 amide bonds. The number of pyridine rings is 1. The summed E-state index contributed by atoms with van der Waals surface area (Å²) in [6.45, 7) is 1.03. The summed E-state index contributed by atoms with van der Waals surface area (Å²) in [4.78, 5) is 39.4. The fourth-order valence-corrected chi connectivity index (χ4v) is 3.84. The predicted octanol–water partition coefficient (Wildman–Crippen LogP) is 1.29. The number of aryl methyl sites for hydroxylation is 2. The molecule has 3 aromatic rings. The van der Waals surface area contributed by atoms with Gasteiger partial charge in [-0.15, -0.1) is 0 Å². The van der Waals surface area contributed by atoms with Gasteiger partial charge in [0.15, 0.2) is 0 Å². The van der Waals surface area contributed by atoms with E-state index < -0.39 is 0 Å². The number of nitrogens with zero attached hydrogens (tertiary/aromatic N) is 5. The van der Waals surface area contributed by atoms with Crippen LogP contribution in [0.2, 0.25) is 0 Å². The molecule has 0 bridgehead atoms. The molecule has 0 spiro atoms. The molecule has 0 N–H and O–H groups in total. The smallest absolute Gasteiger partial charge is 0.338 e. The molecule has 0 saturated carbocycles. The third-order valence-corrected chi connectivity index (χ3v) is 5.47. The van der Waals surface area contributed by atoms with Gasteiger partial charge in [0.1, 0.15) is 11.4 Å². The van der Waals surface area contributed by atoms with Crippen molar-refractivity contribution in [2.45, 2.75) is 18.8 Å². The molecule has 0 unspecified atom stereocenters. The quantitative estimate of drug-likeness (QED) is 0.671. The number of hydrogen-bond donors (Lipinski definition) is 0.